The zero-order valence-corrected chi connectivity index (χ0v) is 5.51. The van der Waals surface area contributed by atoms with Crippen LogP contribution >= 0.6 is 0 Å². The summed E-state index contributed by atoms with van der Waals surface area (Å²) in [6.45, 7) is 0.663. The monoisotopic (exact) mass is 142 g/mol. The molecule has 0 aromatic carbocycles. The van der Waals surface area contributed by atoms with Crippen LogP contribution in [0.3, 0.4) is 0 Å². The molecule has 0 spiro atoms. The number of aliphatic hydroxyl groups is 1. The molecule has 1 aromatic heterocycles. The fourth-order valence-electron chi connectivity index (χ4n) is 0.617. The van der Waals surface area contributed by atoms with Crippen molar-refractivity contribution in [3.05, 3.63) is 12.7 Å². The highest BCUT2D eigenvalue weighted by atomic mass is 16.3. The quantitative estimate of drug-likeness (QED) is 0.544. The highest BCUT2D eigenvalue weighted by Crippen LogP contribution is 1.85. The van der Waals surface area contributed by atoms with Crippen LogP contribution in [0.4, 0.5) is 0 Å². The fourth-order valence-corrected chi connectivity index (χ4v) is 0.617. The van der Waals surface area contributed by atoms with Crippen LogP contribution in [0.15, 0.2) is 12.7 Å². The second kappa shape index (κ2) is 3.28. The van der Waals surface area contributed by atoms with Gasteiger partial charge < -0.3 is 10.8 Å². The Hall–Kier alpha value is -0.940. The van der Waals surface area contributed by atoms with E-state index in [1.165, 1.54) is 11.0 Å². The van der Waals surface area contributed by atoms with Crippen LogP contribution in [-0.4, -0.2) is 32.5 Å². The Morgan fingerprint density at radius 3 is 3.00 bits per heavy atom. The van der Waals surface area contributed by atoms with Gasteiger partial charge in [0.25, 0.3) is 0 Å². The van der Waals surface area contributed by atoms with E-state index in [-0.39, 0.29) is 6.54 Å². The second-order valence-electron chi connectivity index (χ2n) is 2.01. The van der Waals surface area contributed by atoms with E-state index in [2.05, 4.69) is 10.1 Å². The summed E-state index contributed by atoms with van der Waals surface area (Å²) in [5.41, 5.74) is 5.18. The van der Waals surface area contributed by atoms with Crippen molar-refractivity contribution < 1.29 is 5.11 Å². The van der Waals surface area contributed by atoms with Crippen LogP contribution in [0, 0.1) is 0 Å². The maximum absolute atomic E-state index is 9.02. The van der Waals surface area contributed by atoms with E-state index in [0.29, 0.717) is 6.54 Å². The van der Waals surface area contributed by atoms with Crippen LogP contribution in [0.5, 0.6) is 0 Å². The van der Waals surface area contributed by atoms with Crippen molar-refractivity contribution in [3.8, 4) is 0 Å². The molecule has 0 fully saturated rings. The van der Waals surface area contributed by atoms with E-state index in [1.54, 1.807) is 6.33 Å². The molecule has 1 unspecified atom stereocenters. The van der Waals surface area contributed by atoms with Crippen LogP contribution in [0.1, 0.15) is 0 Å². The van der Waals surface area contributed by atoms with Crippen molar-refractivity contribution >= 4 is 0 Å². The fraction of sp³-hybridized carbons (Fsp3) is 0.600. The lowest BCUT2D eigenvalue weighted by atomic mass is 10.4. The number of nitrogens with two attached hydrogens (primary N) is 1. The average Bonchev–Trinajstić information content (AvgIpc) is 2.40. The van der Waals surface area contributed by atoms with E-state index < -0.39 is 6.10 Å². The van der Waals surface area contributed by atoms with Crippen molar-refractivity contribution in [2.75, 3.05) is 6.54 Å². The normalized spacial score (nSPS) is 13.4. The summed E-state index contributed by atoms with van der Waals surface area (Å²) in [4.78, 5) is 3.71. The topological polar surface area (TPSA) is 77.0 Å². The Labute approximate surface area is 58.5 Å². The molecule has 0 saturated heterocycles. The van der Waals surface area contributed by atoms with Crippen molar-refractivity contribution in [1.29, 1.82) is 0 Å². The Kier molecular flexibility index (Phi) is 2.35. The maximum Gasteiger partial charge on any atom is 0.137 e. The highest BCUT2D eigenvalue weighted by molar-refractivity contribution is 4.60. The molecular weight excluding hydrogens is 132 g/mol. The molecule has 0 radical (unpaired) electrons. The summed E-state index contributed by atoms with van der Waals surface area (Å²) in [7, 11) is 0. The third kappa shape index (κ3) is 1.78. The van der Waals surface area contributed by atoms with Gasteiger partial charge in [-0.25, -0.2) is 4.98 Å². The summed E-state index contributed by atoms with van der Waals surface area (Å²) in [6, 6.07) is 0. The first-order chi connectivity index (χ1) is 4.83. The van der Waals surface area contributed by atoms with Crippen molar-refractivity contribution in [2.24, 2.45) is 5.73 Å². The van der Waals surface area contributed by atoms with Gasteiger partial charge in [-0.3, -0.25) is 4.68 Å². The van der Waals surface area contributed by atoms with E-state index in [4.69, 9.17) is 10.8 Å². The highest BCUT2D eigenvalue weighted by Gasteiger charge is 2.00. The predicted octanol–water partition coefficient (Wildman–Crippen LogP) is -1.40. The van der Waals surface area contributed by atoms with Gasteiger partial charge in [0.15, 0.2) is 0 Å². The van der Waals surface area contributed by atoms with Gasteiger partial charge in [0.2, 0.25) is 0 Å². The molecule has 5 heteroatoms. The van der Waals surface area contributed by atoms with E-state index >= 15 is 0 Å². The lowest BCUT2D eigenvalue weighted by molar-refractivity contribution is 0.157. The van der Waals surface area contributed by atoms with Gasteiger partial charge in [-0.15, -0.1) is 0 Å². The molecule has 1 aromatic rings. The molecule has 0 aliphatic carbocycles. The summed E-state index contributed by atoms with van der Waals surface area (Å²) in [5, 5.41) is 12.8. The van der Waals surface area contributed by atoms with Gasteiger partial charge in [-0.1, -0.05) is 0 Å². The minimum absolute atomic E-state index is 0.250. The zero-order chi connectivity index (χ0) is 7.40. The Morgan fingerprint density at radius 1 is 1.70 bits per heavy atom. The van der Waals surface area contributed by atoms with Gasteiger partial charge in [0, 0.05) is 6.54 Å². The van der Waals surface area contributed by atoms with Crippen LogP contribution < -0.4 is 5.73 Å². The number of rotatable bonds is 3. The SMILES string of the molecule is NCC(O)Cn1cncn1. The number of nitrogens with zero attached hydrogens (tertiary/aromatic N) is 3. The molecule has 0 bridgehead atoms. The van der Waals surface area contributed by atoms with Crippen molar-refractivity contribution in [3.63, 3.8) is 0 Å². The molecule has 1 heterocycles. The second-order valence-corrected chi connectivity index (χ2v) is 2.01. The Bertz CT molecular complexity index is 174. The minimum Gasteiger partial charge on any atom is -0.390 e. The molecule has 5 nitrogen and oxygen atoms in total. The summed E-state index contributed by atoms with van der Waals surface area (Å²) in [6.07, 6.45) is 2.43. The first-order valence-corrected chi connectivity index (χ1v) is 3.03. The molecule has 10 heavy (non-hydrogen) atoms. The van der Waals surface area contributed by atoms with Crippen LogP contribution in [-0.2, 0) is 6.54 Å². The summed E-state index contributed by atoms with van der Waals surface area (Å²) >= 11 is 0. The minimum atomic E-state index is -0.526. The molecule has 56 valence electrons. The van der Waals surface area contributed by atoms with Crippen molar-refractivity contribution in [1.82, 2.24) is 14.8 Å². The molecule has 3 N–H and O–H groups in total. The third-order valence-electron chi connectivity index (χ3n) is 1.14. The summed E-state index contributed by atoms with van der Waals surface area (Å²) < 4.78 is 1.54. The van der Waals surface area contributed by atoms with Gasteiger partial charge in [0.1, 0.15) is 12.7 Å². The molecular formula is C5H10N4O. The number of aliphatic hydroxyl groups excluding tert-OH is 1. The first-order valence-electron chi connectivity index (χ1n) is 3.03. The van der Waals surface area contributed by atoms with Crippen LogP contribution in [0.25, 0.3) is 0 Å². The standard InChI is InChI=1S/C5H10N4O/c6-1-5(10)2-9-4-7-3-8-9/h3-5,10H,1-2,6H2. The van der Waals surface area contributed by atoms with Crippen LogP contribution in [0.2, 0.25) is 0 Å². The molecule has 0 aliphatic rings. The third-order valence-corrected chi connectivity index (χ3v) is 1.14. The molecule has 0 saturated carbocycles. The summed E-state index contributed by atoms with van der Waals surface area (Å²) in [5.74, 6) is 0. The van der Waals surface area contributed by atoms with Gasteiger partial charge in [-0.2, -0.15) is 5.10 Å². The maximum atomic E-state index is 9.02. The molecule has 1 rings (SSSR count). The van der Waals surface area contributed by atoms with E-state index in [9.17, 15) is 0 Å². The zero-order valence-electron chi connectivity index (χ0n) is 5.51. The average molecular weight is 142 g/mol. The van der Waals surface area contributed by atoms with E-state index in [1.807, 2.05) is 0 Å². The predicted molar refractivity (Wildman–Crippen MR) is 35.1 cm³/mol. The van der Waals surface area contributed by atoms with Gasteiger partial charge >= 0.3 is 0 Å². The molecule has 0 amide bonds. The molecule has 0 aliphatic heterocycles. The van der Waals surface area contributed by atoms with Crippen molar-refractivity contribution in [2.45, 2.75) is 12.6 Å². The smallest absolute Gasteiger partial charge is 0.137 e. The Balaban J connectivity index is 2.40. The number of hydrogen-bond donors (Lipinski definition) is 2. The van der Waals surface area contributed by atoms with Gasteiger partial charge in [0.05, 0.1) is 12.6 Å². The lowest BCUT2D eigenvalue weighted by Gasteiger charge is -2.05. The van der Waals surface area contributed by atoms with Gasteiger partial charge in [-0.05, 0) is 0 Å². The lowest BCUT2D eigenvalue weighted by Crippen LogP contribution is -2.25. The first kappa shape index (κ1) is 7.17. The van der Waals surface area contributed by atoms with E-state index in [0.717, 1.165) is 0 Å². The number of hydrogen-bond acceptors (Lipinski definition) is 4. The largest absolute Gasteiger partial charge is 0.390 e. The molecule has 1 atom stereocenters. The Morgan fingerprint density at radius 2 is 2.50 bits per heavy atom. The number of aromatic nitrogens is 3.